The van der Waals surface area contributed by atoms with Crippen LogP contribution in [0.15, 0.2) is 61.3 Å². The van der Waals surface area contributed by atoms with Crippen molar-refractivity contribution >= 4 is 33.3 Å². The van der Waals surface area contributed by atoms with Gasteiger partial charge in [-0.15, -0.1) is 11.3 Å². The number of hydrogen-bond acceptors (Lipinski definition) is 6. The highest BCUT2D eigenvalue weighted by Crippen LogP contribution is 2.36. The summed E-state index contributed by atoms with van der Waals surface area (Å²) in [7, 11) is 1.63. The lowest BCUT2D eigenvalue weighted by Gasteiger charge is -2.04. The van der Waals surface area contributed by atoms with Crippen molar-refractivity contribution in [2.24, 2.45) is 0 Å². The Bertz CT molecular complexity index is 1600. The van der Waals surface area contributed by atoms with Gasteiger partial charge in [-0.05, 0) is 37.3 Å². The Balaban J connectivity index is 1.49. The van der Waals surface area contributed by atoms with Crippen LogP contribution in [0.1, 0.15) is 4.88 Å². The van der Waals surface area contributed by atoms with E-state index in [-0.39, 0.29) is 0 Å². The molecule has 0 spiro atoms. The number of aromatic nitrogens is 6. The third-order valence-electron chi connectivity index (χ3n) is 5.51. The first-order valence-electron chi connectivity index (χ1n) is 10.1. The van der Waals surface area contributed by atoms with Crippen molar-refractivity contribution in [2.75, 3.05) is 7.11 Å². The number of ether oxygens (including phenoxy) is 1. The van der Waals surface area contributed by atoms with Crippen molar-refractivity contribution in [2.45, 2.75) is 6.92 Å². The van der Waals surface area contributed by atoms with Gasteiger partial charge >= 0.3 is 0 Å². The van der Waals surface area contributed by atoms with E-state index in [1.807, 2.05) is 18.5 Å². The van der Waals surface area contributed by atoms with Crippen LogP contribution in [-0.2, 0) is 0 Å². The number of nitrogens with one attached hydrogen (secondary N) is 2. The zero-order valence-corrected chi connectivity index (χ0v) is 18.2. The zero-order valence-electron chi connectivity index (χ0n) is 17.4. The van der Waals surface area contributed by atoms with E-state index in [2.05, 4.69) is 61.3 Å². The third-order valence-corrected chi connectivity index (χ3v) is 6.55. The van der Waals surface area contributed by atoms with Gasteiger partial charge in [0.15, 0.2) is 5.65 Å². The fourth-order valence-corrected chi connectivity index (χ4v) is 4.80. The van der Waals surface area contributed by atoms with Crippen LogP contribution in [0, 0.1) is 6.92 Å². The van der Waals surface area contributed by atoms with E-state index in [0.717, 1.165) is 44.4 Å². The minimum Gasteiger partial charge on any atom is -0.495 e. The Morgan fingerprint density at radius 2 is 1.78 bits per heavy atom. The molecule has 0 aliphatic rings. The largest absolute Gasteiger partial charge is 0.495 e. The van der Waals surface area contributed by atoms with E-state index in [1.54, 1.807) is 37.0 Å². The molecule has 6 aromatic rings. The van der Waals surface area contributed by atoms with Gasteiger partial charge in [-0.2, -0.15) is 5.10 Å². The highest BCUT2D eigenvalue weighted by Gasteiger charge is 2.15. The number of aryl methyl sites for hydroxylation is 1. The van der Waals surface area contributed by atoms with Gasteiger partial charge in [0.1, 0.15) is 5.75 Å². The second kappa shape index (κ2) is 7.28. The number of rotatable bonds is 4. The van der Waals surface area contributed by atoms with Gasteiger partial charge in [-0.1, -0.05) is 0 Å². The van der Waals surface area contributed by atoms with E-state index in [0.29, 0.717) is 11.4 Å². The molecule has 0 saturated carbocycles. The van der Waals surface area contributed by atoms with Crippen LogP contribution in [0.2, 0.25) is 0 Å². The second-order valence-electron chi connectivity index (χ2n) is 7.55. The fourth-order valence-electron chi connectivity index (χ4n) is 3.91. The van der Waals surface area contributed by atoms with E-state index >= 15 is 0 Å². The van der Waals surface area contributed by atoms with Crippen molar-refractivity contribution < 1.29 is 4.74 Å². The van der Waals surface area contributed by atoms with Gasteiger partial charge in [0.2, 0.25) is 0 Å². The molecular weight excluding hydrogens is 420 g/mol. The topological polar surface area (TPSA) is 92.4 Å². The van der Waals surface area contributed by atoms with Gasteiger partial charge in [-0.3, -0.25) is 15.1 Å². The normalized spacial score (nSPS) is 11.4. The smallest absolute Gasteiger partial charge is 0.181 e. The summed E-state index contributed by atoms with van der Waals surface area (Å²) >= 11 is 1.77. The van der Waals surface area contributed by atoms with Gasteiger partial charge in [0.25, 0.3) is 0 Å². The molecule has 32 heavy (non-hydrogen) atoms. The third kappa shape index (κ3) is 3.04. The van der Waals surface area contributed by atoms with E-state index in [4.69, 9.17) is 4.74 Å². The predicted molar refractivity (Wildman–Crippen MR) is 127 cm³/mol. The van der Waals surface area contributed by atoms with Crippen LogP contribution in [0.5, 0.6) is 5.75 Å². The molecule has 0 radical (unpaired) electrons. The highest BCUT2D eigenvalue weighted by molar-refractivity contribution is 7.15. The molecule has 0 aromatic carbocycles. The minimum absolute atomic E-state index is 0.658. The first-order chi connectivity index (χ1) is 15.7. The number of pyridine rings is 3. The summed E-state index contributed by atoms with van der Waals surface area (Å²) in [5.41, 5.74) is 6.45. The summed E-state index contributed by atoms with van der Waals surface area (Å²) in [6.45, 7) is 2.11. The fraction of sp³-hybridized carbons (Fsp3) is 0.0833. The summed E-state index contributed by atoms with van der Waals surface area (Å²) in [6, 6.07) is 10.4. The molecule has 6 aromatic heterocycles. The van der Waals surface area contributed by atoms with E-state index < -0.39 is 0 Å². The number of fused-ring (bicyclic) bond motifs is 2. The molecule has 6 rings (SSSR count). The summed E-state index contributed by atoms with van der Waals surface area (Å²) in [5.74, 6) is 0.703. The molecule has 6 heterocycles. The van der Waals surface area contributed by atoms with Gasteiger partial charge in [0, 0.05) is 55.8 Å². The quantitative estimate of drug-likeness (QED) is 0.373. The highest BCUT2D eigenvalue weighted by atomic mass is 32.1. The first-order valence-corrected chi connectivity index (χ1v) is 10.9. The van der Waals surface area contributed by atoms with Crippen molar-refractivity contribution in [3.05, 3.63) is 66.2 Å². The zero-order chi connectivity index (χ0) is 21.7. The van der Waals surface area contributed by atoms with Gasteiger partial charge in [-0.25, -0.2) is 4.98 Å². The molecule has 2 N–H and O–H groups in total. The second-order valence-corrected chi connectivity index (χ2v) is 8.84. The summed E-state index contributed by atoms with van der Waals surface area (Å²) in [6.07, 6.45) is 9.06. The SMILES string of the molecule is COc1cncc(-c2cnc3n[nH]c(-c4cc5c(-c6ccc(C)s6)cncc5[nH]4)c3c2)c1. The Labute approximate surface area is 187 Å². The Morgan fingerprint density at radius 1 is 0.906 bits per heavy atom. The molecule has 7 nitrogen and oxygen atoms in total. The van der Waals surface area contributed by atoms with Crippen molar-refractivity contribution in [1.82, 2.24) is 30.1 Å². The molecule has 0 bridgehead atoms. The van der Waals surface area contributed by atoms with Crippen LogP contribution in [0.3, 0.4) is 0 Å². The molecule has 0 aliphatic heterocycles. The van der Waals surface area contributed by atoms with Crippen LogP contribution in [0.4, 0.5) is 0 Å². The molecule has 0 atom stereocenters. The summed E-state index contributed by atoms with van der Waals surface area (Å²) in [4.78, 5) is 19.2. The van der Waals surface area contributed by atoms with Crippen molar-refractivity contribution in [1.29, 1.82) is 0 Å². The summed E-state index contributed by atoms with van der Waals surface area (Å²) < 4.78 is 5.31. The maximum Gasteiger partial charge on any atom is 0.181 e. The maximum atomic E-state index is 5.31. The van der Waals surface area contributed by atoms with Crippen LogP contribution in [0.25, 0.3) is 54.9 Å². The van der Waals surface area contributed by atoms with E-state index in [9.17, 15) is 0 Å². The lowest BCUT2D eigenvalue weighted by Crippen LogP contribution is -1.87. The maximum absolute atomic E-state index is 5.31. The molecule has 0 amide bonds. The Hall–Kier alpha value is -4.04. The molecule has 0 aliphatic carbocycles. The lowest BCUT2D eigenvalue weighted by molar-refractivity contribution is 0.413. The average molecular weight is 439 g/mol. The number of thiophene rings is 1. The molecule has 8 heteroatoms. The molecule has 0 saturated heterocycles. The Morgan fingerprint density at radius 3 is 2.62 bits per heavy atom. The average Bonchev–Trinajstić information content (AvgIpc) is 3.55. The molecule has 0 unspecified atom stereocenters. The van der Waals surface area contributed by atoms with Gasteiger partial charge < -0.3 is 9.72 Å². The van der Waals surface area contributed by atoms with Crippen LogP contribution < -0.4 is 4.74 Å². The van der Waals surface area contributed by atoms with Crippen LogP contribution >= 0.6 is 11.3 Å². The van der Waals surface area contributed by atoms with Crippen molar-refractivity contribution in [3.8, 4) is 38.7 Å². The van der Waals surface area contributed by atoms with Crippen LogP contribution in [-0.4, -0.2) is 37.2 Å². The monoisotopic (exact) mass is 438 g/mol. The lowest BCUT2D eigenvalue weighted by atomic mass is 10.1. The number of nitrogens with zero attached hydrogens (tertiary/aromatic N) is 4. The number of H-pyrrole nitrogens is 2. The molecule has 156 valence electrons. The molecular formula is C24H18N6OS. The number of hydrogen-bond donors (Lipinski definition) is 2. The predicted octanol–water partition coefficient (Wildman–Crippen LogP) is 5.61. The minimum atomic E-state index is 0.658. The van der Waals surface area contributed by atoms with Crippen molar-refractivity contribution in [3.63, 3.8) is 0 Å². The number of aromatic amines is 2. The van der Waals surface area contributed by atoms with E-state index in [1.165, 1.54) is 9.75 Å². The molecule has 0 fully saturated rings. The Kier molecular flexibility index (Phi) is 4.26. The summed E-state index contributed by atoms with van der Waals surface area (Å²) in [5, 5.41) is 9.62. The number of methoxy groups -OCH3 is 1. The first kappa shape index (κ1) is 18.7. The van der Waals surface area contributed by atoms with Gasteiger partial charge in [0.05, 0.1) is 36.4 Å². The standard InChI is InChI=1S/C24H18N6OS/c1-13-3-4-22(32-13)19-11-26-12-21-17(19)7-20(28-21)23-18-6-15(9-27-24(18)30-29-23)14-5-16(31-2)10-25-8-14/h3-12,28H,1-2H3,(H,27,29,30).